The van der Waals surface area contributed by atoms with Crippen LogP contribution in [0.2, 0.25) is 0 Å². The number of amides is 2. The highest BCUT2D eigenvalue weighted by Crippen LogP contribution is 2.22. The highest BCUT2D eigenvalue weighted by atomic mass is 16.4. The van der Waals surface area contributed by atoms with E-state index in [-0.39, 0.29) is 17.6 Å². The van der Waals surface area contributed by atoms with Crippen LogP contribution < -0.4 is 10.6 Å². The second kappa shape index (κ2) is 7.23. The minimum Gasteiger partial charge on any atom is -0.431 e. The molecular formula is C20H19N3O3. The molecule has 6 heteroatoms. The quantitative estimate of drug-likeness (QED) is 0.742. The van der Waals surface area contributed by atoms with E-state index in [0.29, 0.717) is 5.56 Å². The summed E-state index contributed by atoms with van der Waals surface area (Å²) in [5, 5.41) is 5.38. The Morgan fingerprint density at radius 3 is 2.23 bits per heavy atom. The van der Waals surface area contributed by atoms with E-state index >= 15 is 0 Å². The summed E-state index contributed by atoms with van der Waals surface area (Å²) in [6.07, 6.45) is 1.22. The number of hydrogen-bond acceptors (Lipinski definition) is 4. The molecule has 0 atom stereocenters. The number of carbonyl (C=O) groups is 2. The topological polar surface area (TPSA) is 84.2 Å². The first-order valence-electron chi connectivity index (χ1n) is 8.15. The van der Waals surface area contributed by atoms with Gasteiger partial charge < -0.3 is 9.73 Å². The number of nitrogens with one attached hydrogen (secondary N) is 2. The first-order chi connectivity index (χ1) is 12.4. The van der Waals surface area contributed by atoms with Crippen LogP contribution in [0.5, 0.6) is 0 Å². The van der Waals surface area contributed by atoms with Crippen LogP contribution in [0.3, 0.4) is 0 Å². The lowest BCUT2D eigenvalue weighted by Gasteiger charge is -2.11. The maximum atomic E-state index is 12.4. The Kier molecular flexibility index (Phi) is 4.84. The molecule has 0 saturated carbocycles. The van der Waals surface area contributed by atoms with Crippen molar-refractivity contribution in [1.29, 1.82) is 0 Å². The molecule has 0 saturated heterocycles. The number of rotatable bonds is 4. The molecule has 2 amide bonds. The molecule has 1 heterocycles. The highest BCUT2D eigenvalue weighted by molar-refractivity contribution is 6.05. The molecule has 6 nitrogen and oxygen atoms in total. The van der Waals surface area contributed by atoms with E-state index in [1.54, 1.807) is 24.3 Å². The zero-order chi connectivity index (χ0) is 18.7. The van der Waals surface area contributed by atoms with E-state index in [0.717, 1.165) is 22.4 Å². The summed E-state index contributed by atoms with van der Waals surface area (Å²) in [5.41, 5.74) is 4.38. The Bertz CT molecular complexity index is 938. The van der Waals surface area contributed by atoms with Crippen molar-refractivity contribution < 1.29 is 14.0 Å². The Morgan fingerprint density at radius 2 is 1.58 bits per heavy atom. The number of oxazole rings is 1. The van der Waals surface area contributed by atoms with E-state index in [2.05, 4.69) is 15.6 Å². The average molecular weight is 349 g/mol. The van der Waals surface area contributed by atoms with Gasteiger partial charge in [-0.05, 0) is 44.0 Å². The minimum atomic E-state index is -0.399. The van der Waals surface area contributed by atoms with E-state index < -0.39 is 5.91 Å². The Labute approximate surface area is 151 Å². The zero-order valence-electron chi connectivity index (χ0n) is 14.8. The third kappa shape index (κ3) is 3.80. The predicted octanol–water partition coefficient (Wildman–Crippen LogP) is 4.10. The number of aryl methyl sites for hydroxylation is 3. The van der Waals surface area contributed by atoms with E-state index in [4.69, 9.17) is 4.42 Å². The van der Waals surface area contributed by atoms with Crippen LogP contribution in [-0.2, 0) is 0 Å². The fraction of sp³-hybridized carbons (Fsp3) is 0.150. The monoisotopic (exact) mass is 349 g/mol. The first-order valence-corrected chi connectivity index (χ1v) is 8.15. The van der Waals surface area contributed by atoms with Crippen LogP contribution in [0.4, 0.5) is 11.7 Å². The molecule has 2 N–H and O–H groups in total. The largest absolute Gasteiger partial charge is 0.431 e. The van der Waals surface area contributed by atoms with Crippen molar-refractivity contribution >= 4 is 23.5 Å². The lowest BCUT2D eigenvalue weighted by atomic mass is 10.1. The lowest BCUT2D eigenvalue weighted by molar-refractivity contribution is 0.101. The van der Waals surface area contributed by atoms with Gasteiger partial charge in [0.25, 0.3) is 11.8 Å². The summed E-state index contributed by atoms with van der Waals surface area (Å²) in [6, 6.07) is 12.7. The number of carbonyl (C=O) groups excluding carboxylic acids is 2. The molecule has 2 aromatic carbocycles. The van der Waals surface area contributed by atoms with Crippen molar-refractivity contribution in [2.45, 2.75) is 20.8 Å². The summed E-state index contributed by atoms with van der Waals surface area (Å²) >= 11 is 0. The molecule has 0 aliphatic carbocycles. The highest BCUT2D eigenvalue weighted by Gasteiger charge is 2.16. The van der Waals surface area contributed by atoms with Crippen molar-refractivity contribution in [3.8, 4) is 0 Å². The van der Waals surface area contributed by atoms with Crippen molar-refractivity contribution in [3.63, 3.8) is 0 Å². The van der Waals surface area contributed by atoms with Gasteiger partial charge in [0.05, 0.1) is 0 Å². The maximum Gasteiger partial charge on any atom is 0.302 e. The van der Waals surface area contributed by atoms with Crippen LogP contribution in [0.1, 0.15) is 37.5 Å². The fourth-order valence-electron chi connectivity index (χ4n) is 2.75. The number of nitrogens with zero attached hydrogens (tertiary/aromatic N) is 1. The molecule has 0 radical (unpaired) electrons. The number of hydrogen-bond donors (Lipinski definition) is 2. The van der Waals surface area contributed by atoms with Gasteiger partial charge in [0.15, 0.2) is 5.69 Å². The standard InChI is InChI=1S/C20H19N3O3/c1-12-9-13(2)17(14(3)10-12)22-19(25)16-11-26-20(21-16)23-18(24)15-7-5-4-6-8-15/h4-11H,1-3H3,(H,22,25)(H,21,23,24). The smallest absolute Gasteiger partial charge is 0.302 e. The molecule has 0 bridgehead atoms. The second-order valence-corrected chi connectivity index (χ2v) is 6.09. The normalized spacial score (nSPS) is 10.4. The fourth-order valence-corrected chi connectivity index (χ4v) is 2.75. The van der Waals surface area contributed by atoms with Gasteiger partial charge in [-0.1, -0.05) is 35.9 Å². The first kappa shape index (κ1) is 17.4. The molecule has 0 fully saturated rings. The van der Waals surface area contributed by atoms with Gasteiger partial charge in [-0.25, -0.2) is 0 Å². The molecule has 132 valence electrons. The summed E-state index contributed by atoms with van der Waals surface area (Å²) < 4.78 is 5.19. The molecule has 1 aromatic heterocycles. The third-order valence-corrected chi connectivity index (χ3v) is 3.91. The van der Waals surface area contributed by atoms with E-state index in [9.17, 15) is 9.59 Å². The Balaban J connectivity index is 1.72. The second-order valence-electron chi connectivity index (χ2n) is 6.09. The van der Waals surface area contributed by atoms with Gasteiger partial charge in [-0.3, -0.25) is 14.9 Å². The zero-order valence-corrected chi connectivity index (χ0v) is 14.8. The minimum absolute atomic E-state index is 0.0265. The van der Waals surface area contributed by atoms with Crippen LogP contribution in [0.15, 0.2) is 53.1 Å². The van der Waals surface area contributed by atoms with Crippen molar-refractivity contribution in [2.24, 2.45) is 0 Å². The van der Waals surface area contributed by atoms with E-state index in [1.807, 2.05) is 39.0 Å². The molecule has 0 unspecified atom stereocenters. The Hall–Kier alpha value is -3.41. The van der Waals surface area contributed by atoms with Gasteiger partial charge in [-0.2, -0.15) is 4.98 Å². The third-order valence-electron chi connectivity index (χ3n) is 3.91. The molecule has 3 aromatic rings. The van der Waals surface area contributed by atoms with Gasteiger partial charge in [0, 0.05) is 11.3 Å². The van der Waals surface area contributed by atoms with Crippen molar-refractivity contribution in [2.75, 3.05) is 10.6 Å². The van der Waals surface area contributed by atoms with Gasteiger partial charge >= 0.3 is 6.01 Å². The predicted molar refractivity (Wildman–Crippen MR) is 99.5 cm³/mol. The number of anilines is 2. The molecule has 26 heavy (non-hydrogen) atoms. The van der Waals surface area contributed by atoms with Gasteiger partial charge in [0.1, 0.15) is 6.26 Å². The molecule has 0 aliphatic rings. The summed E-state index contributed by atoms with van der Waals surface area (Å²) in [5.74, 6) is -0.756. The molecule has 0 spiro atoms. The van der Waals surface area contributed by atoms with Crippen LogP contribution in [0.25, 0.3) is 0 Å². The number of aromatic nitrogens is 1. The average Bonchev–Trinajstić information content (AvgIpc) is 3.07. The van der Waals surface area contributed by atoms with Crippen molar-refractivity contribution in [1.82, 2.24) is 4.98 Å². The van der Waals surface area contributed by atoms with Crippen LogP contribution in [0, 0.1) is 20.8 Å². The molecule has 0 aliphatic heterocycles. The van der Waals surface area contributed by atoms with Crippen LogP contribution >= 0.6 is 0 Å². The summed E-state index contributed by atoms with van der Waals surface area (Å²) in [7, 11) is 0. The summed E-state index contributed by atoms with van der Waals surface area (Å²) in [6.45, 7) is 5.87. The summed E-state index contributed by atoms with van der Waals surface area (Å²) in [4.78, 5) is 28.6. The maximum absolute atomic E-state index is 12.4. The van der Waals surface area contributed by atoms with Crippen molar-refractivity contribution in [3.05, 3.63) is 76.7 Å². The lowest BCUT2D eigenvalue weighted by Crippen LogP contribution is -2.15. The number of benzene rings is 2. The van der Waals surface area contributed by atoms with E-state index in [1.165, 1.54) is 6.26 Å². The Morgan fingerprint density at radius 1 is 0.923 bits per heavy atom. The molecule has 3 rings (SSSR count). The SMILES string of the molecule is Cc1cc(C)c(NC(=O)c2coc(NC(=O)c3ccccc3)n2)c(C)c1. The molecular weight excluding hydrogens is 330 g/mol. The van der Waals surface area contributed by atoms with Gasteiger partial charge in [0.2, 0.25) is 0 Å². The van der Waals surface area contributed by atoms with Gasteiger partial charge in [-0.15, -0.1) is 0 Å². The van der Waals surface area contributed by atoms with Crippen LogP contribution in [-0.4, -0.2) is 16.8 Å².